The maximum absolute atomic E-state index is 12.3. The van der Waals surface area contributed by atoms with Gasteiger partial charge < -0.3 is 5.32 Å². The third-order valence-corrected chi connectivity index (χ3v) is 4.10. The van der Waals surface area contributed by atoms with Crippen molar-refractivity contribution < 1.29 is 4.79 Å². The first-order valence-corrected chi connectivity index (χ1v) is 7.84. The number of carbonyl (C=O) groups excluding carboxylic acids is 1. The first kappa shape index (κ1) is 14.7. The highest BCUT2D eigenvalue weighted by molar-refractivity contribution is 7.98. The lowest BCUT2D eigenvalue weighted by atomic mass is 10.1. The summed E-state index contributed by atoms with van der Waals surface area (Å²) in [7, 11) is 0. The van der Waals surface area contributed by atoms with E-state index >= 15 is 0 Å². The summed E-state index contributed by atoms with van der Waals surface area (Å²) in [6.07, 6.45) is 2.05. The fourth-order valence-corrected chi connectivity index (χ4v) is 2.49. The SMILES string of the molecule is CSc1ccc(C(C)NC(=O)c2ccccc2C)cc1. The van der Waals surface area contributed by atoms with Gasteiger partial charge in [0.05, 0.1) is 6.04 Å². The zero-order valence-corrected chi connectivity index (χ0v) is 12.8. The van der Waals surface area contributed by atoms with Gasteiger partial charge >= 0.3 is 0 Å². The fourth-order valence-electron chi connectivity index (χ4n) is 2.08. The lowest BCUT2D eigenvalue weighted by molar-refractivity contribution is 0.0939. The van der Waals surface area contributed by atoms with Crippen LogP contribution in [-0.4, -0.2) is 12.2 Å². The van der Waals surface area contributed by atoms with Crippen LogP contribution in [0.4, 0.5) is 0 Å². The van der Waals surface area contributed by atoms with Crippen molar-refractivity contribution in [1.82, 2.24) is 5.32 Å². The van der Waals surface area contributed by atoms with E-state index in [1.807, 2.05) is 38.1 Å². The molecular formula is C17H19NOS. The lowest BCUT2D eigenvalue weighted by Crippen LogP contribution is -2.27. The second-order valence-electron chi connectivity index (χ2n) is 4.78. The largest absolute Gasteiger partial charge is 0.346 e. The third-order valence-electron chi connectivity index (χ3n) is 3.35. The Morgan fingerprint density at radius 2 is 1.75 bits per heavy atom. The van der Waals surface area contributed by atoms with E-state index in [0.29, 0.717) is 0 Å². The average Bonchev–Trinajstić information content (AvgIpc) is 2.47. The molecular weight excluding hydrogens is 266 g/mol. The van der Waals surface area contributed by atoms with E-state index in [1.54, 1.807) is 11.8 Å². The van der Waals surface area contributed by atoms with E-state index in [4.69, 9.17) is 0 Å². The van der Waals surface area contributed by atoms with Crippen LogP contribution < -0.4 is 5.32 Å². The van der Waals surface area contributed by atoms with Crippen LogP contribution in [-0.2, 0) is 0 Å². The number of hydrogen-bond acceptors (Lipinski definition) is 2. The van der Waals surface area contributed by atoms with E-state index in [9.17, 15) is 4.79 Å². The molecule has 0 bridgehead atoms. The molecule has 2 rings (SSSR count). The molecule has 3 heteroatoms. The molecule has 2 aromatic rings. The first-order chi connectivity index (χ1) is 9.61. The number of thioether (sulfide) groups is 1. The van der Waals surface area contributed by atoms with Gasteiger partial charge in [0.15, 0.2) is 0 Å². The highest BCUT2D eigenvalue weighted by Gasteiger charge is 2.12. The van der Waals surface area contributed by atoms with E-state index in [-0.39, 0.29) is 11.9 Å². The molecule has 0 saturated heterocycles. The minimum Gasteiger partial charge on any atom is -0.346 e. The number of rotatable bonds is 4. The van der Waals surface area contributed by atoms with Crippen molar-refractivity contribution in [3.05, 3.63) is 65.2 Å². The molecule has 1 N–H and O–H groups in total. The Kier molecular flexibility index (Phi) is 4.85. The van der Waals surface area contributed by atoms with Crippen LogP contribution in [0.2, 0.25) is 0 Å². The summed E-state index contributed by atoms with van der Waals surface area (Å²) < 4.78 is 0. The van der Waals surface area contributed by atoms with Crippen LogP contribution >= 0.6 is 11.8 Å². The van der Waals surface area contributed by atoms with E-state index in [0.717, 1.165) is 16.7 Å². The maximum atomic E-state index is 12.3. The highest BCUT2D eigenvalue weighted by atomic mass is 32.2. The van der Waals surface area contributed by atoms with Crippen molar-refractivity contribution in [2.75, 3.05) is 6.26 Å². The van der Waals surface area contributed by atoms with Crippen LogP contribution in [0, 0.1) is 6.92 Å². The molecule has 0 saturated carbocycles. The molecule has 0 aliphatic carbocycles. The summed E-state index contributed by atoms with van der Waals surface area (Å²) in [4.78, 5) is 13.5. The zero-order valence-electron chi connectivity index (χ0n) is 12.0. The maximum Gasteiger partial charge on any atom is 0.252 e. The number of amides is 1. The molecule has 104 valence electrons. The number of nitrogens with one attached hydrogen (secondary N) is 1. The summed E-state index contributed by atoms with van der Waals surface area (Å²) in [6.45, 7) is 3.96. The third kappa shape index (κ3) is 3.42. The molecule has 20 heavy (non-hydrogen) atoms. The van der Waals surface area contributed by atoms with Gasteiger partial charge in [-0.2, -0.15) is 0 Å². The second kappa shape index (κ2) is 6.62. The average molecular weight is 285 g/mol. The van der Waals surface area contributed by atoms with Gasteiger partial charge in [-0.1, -0.05) is 30.3 Å². The molecule has 0 heterocycles. The van der Waals surface area contributed by atoms with Crippen LogP contribution in [0.15, 0.2) is 53.4 Å². The van der Waals surface area contributed by atoms with E-state index < -0.39 is 0 Å². The number of benzene rings is 2. The standard InChI is InChI=1S/C17H19NOS/c1-12-6-4-5-7-16(12)17(19)18-13(2)14-8-10-15(20-3)11-9-14/h4-11,13H,1-3H3,(H,18,19). The van der Waals surface area contributed by atoms with Crippen molar-refractivity contribution in [3.63, 3.8) is 0 Å². The summed E-state index contributed by atoms with van der Waals surface area (Å²) in [5.41, 5.74) is 2.85. The van der Waals surface area contributed by atoms with Crippen LogP contribution in [0.1, 0.15) is 34.5 Å². The Balaban J connectivity index is 2.09. The molecule has 0 aliphatic rings. The fraction of sp³-hybridized carbons (Fsp3) is 0.235. The first-order valence-electron chi connectivity index (χ1n) is 6.62. The monoisotopic (exact) mass is 285 g/mol. The van der Waals surface area contributed by atoms with Gasteiger partial charge in [0.2, 0.25) is 0 Å². The molecule has 2 nitrogen and oxygen atoms in total. The number of aryl methyl sites for hydroxylation is 1. The molecule has 0 fully saturated rings. The number of hydrogen-bond donors (Lipinski definition) is 1. The van der Waals surface area contributed by atoms with Crippen LogP contribution in [0.3, 0.4) is 0 Å². The second-order valence-corrected chi connectivity index (χ2v) is 5.66. The minimum absolute atomic E-state index is 0.00184. The minimum atomic E-state index is -0.0236. The molecule has 2 aromatic carbocycles. The van der Waals surface area contributed by atoms with E-state index in [1.165, 1.54) is 4.90 Å². The van der Waals surface area contributed by atoms with Crippen LogP contribution in [0.25, 0.3) is 0 Å². The van der Waals surface area contributed by atoms with Crippen molar-refractivity contribution in [2.45, 2.75) is 24.8 Å². The van der Waals surface area contributed by atoms with Crippen molar-refractivity contribution in [3.8, 4) is 0 Å². The van der Waals surface area contributed by atoms with Gasteiger partial charge in [0, 0.05) is 10.5 Å². The molecule has 0 spiro atoms. The Bertz CT molecular complexity index is 592. The van der Waals surface area contributed by atoms with Gasteiger partial charge in [0.25, 0.3) is 5.91 Å². The normalized spacial score (nSPS) is 11.9. The van der Waals surface area contributed by atoms with Crippen LogP contribution in [0.5, 0.6) is 0 Å². The summed E-state index contributed by atoms with van der Waals surface area (Å²) >= 11 is 1.71. The molecule has 1 unspecified atom stereocenters. The Morgan fingerprint density at radius 3 is 2.35 bits per heavy atom. The summed E-state index contributed by atoms with van der Waals surface area (Å²) in [5, 5.41) is 3.05. The van der Waals surface area contributed by atoms with Gasteiger partial charge in [-0.25, -0.2) is 0 Å². The highest BCUT2D eigenvalue weighted by Crippen LogP contribution is 2.19. The van der Waals surface area contributed by atoms with Crippen molar-refractivity contribution >= 4 is 17.7 Å². The predicted molar refractivity (Wildman–Crippen MR) is 85.3 cm³/mol. The molecule has 0 aliphatic heterocycles. The Labute approximate surface area is 124 Å². The molecule has 0 radical (unpaired) electrons. The smallest absolute Gasteiger partial charge is 0.252 e. The van der Waals surface area contributed by atoms with Crippen molar-refractivity contribution in [1.29, 1.82) is 0 Å². The van der Waals surface area contributed by atoms with Gasteiger partial charge in [-0.05, 0) is 49.4 Å². The Morgan fingerprint density at radius 1 is 1.10 bits per heavy atom. The van der Waals surface area contributed by atoms with Gasteiger partial charge in [-0.3, -0.25) is 4.79 Å². The summed E-state index contributed by atoms with van der Waals surface area (Å²) in [5.74, 6) is -0.0236. The lowest BCUT2D eigenvalue weighted by Gasteiger charge is -2.15. The zero-order chi connectivity index (χ0) is 14.5. The van der Waals surface area contributed by atoms with Crippen molar-refractivity contribution in [2.24, 2.45) is 0 Å². The summed E-state index contributed by atoms with van der Waals surface area (Å²) in [6, 6.07) is 15.9. The number of carbonyl (C=O) groups is 1. The Hall–Kier alpha value is -1.74. The van der Waals surface area contributed by atoms with E-state index in [2.05, 4.69) is 35.8 Å². The topological polar surface area (TPSA) is 29.1 Å². The quantitative estimate of drug-likeness (QED) is 0.853. The van der Waals surface area contributed by atoms with Gasteiger partial charge in [0.1, 0.15) is 0 Å². The molecule has 0 aromatic heterocycles. The molecule has 1 atom stereocenters. The predicted octanol–water partition coefficient (Wildman–Crippen LogP) is 4.21. The molecule has 1 amide bonds. The van der Waals surface area contributed by atoms with Gasteiger partial charge in [-0.15, -0.1) is 11.8 Å².